The van der Waals surface area contributed by atoms with Crippen LogP contribution in [0, 0.1) is 3.57 Å². The van der Waals surface area contributed by atoms with Gasteiger partial charge in [-0.15, -0.1) is 0 Å². The van der Waals surface area contributed by atoms with Gasteiger partial charge in [0.05, 0.1) is 9.26 Å². The highest BCUT2D eigenvalue weighted by molar-refractivity contribution is 14.1. The lowest BCUT2D eigenvalue weighted by molar-refractivity contribution is 0.774. The van der Waals surface area contributed by atoms with E-state index in [9.17, 15) is 4.79 Å². The molecule has 0 bridgehead atoms. The quantitative estimate of drug-likeness (QED) is 0.724. The van der Waals surface area contributed by atoms with E-state index in [1.54, 1.807) is 11.6 Å². The van der Waals surface area contributed by atoms with Gasteiger partial charge < -0.3 is 9.88 Å². The van der Waals surface area contributed by atoms with Crippen molar-refractivity contribution < 1.29 is 0 Å². The second kappa shape index (κ2) is 3.17. The van der Waals surface area contributed by atoms with Crippen molar-refractivity contribution in [2.45, 2.75) is 6.54 Å². The Hall–Kier alpha value is -0.780. The van der Waals surface area contributed by atoms with Crippen LogP contribution in [0.4, 0.5) is 0 Å². The van der Waals surface area contributed by atoms with Crippen molar-refractivity contribution in [1.82, 2.24) is 9.88 Å². The number of fused-ring (bicyclic) bond motifs is 1. The first kappa shape index (κ1) is 8.80. The Balaban J connectivity index is 2.77. The van der Waals surface area contributed by atoms with Crippen LogP contribution in [0.2, 0.25) is 0 Å². The lowest BCUT2D eigenvalue weighted by Crippen LogP contribution is -2.26. The molecule has 0 unspecified atom stereocenters. The Morgan fingerprint density at radius 2 is 2.38 bits per heavy atom. The predicted octanol–water partition coefficient (Wildman–Crippen LogP) is 1.06. The second-order valence-corrected chi connectivity index (χ2v) is 4.14. The molecule has 0 saturated heterocycles. The van der Waals surface area contributed by atoms with Crippen LogP contribution in [-0.2, 0) is 13.6 Å². The van der Waals surface area contributed by atoms with E-state index in [0.717, 1.165) is 15.8 Å². The maximum Gasteiger partial charge on any atom is 0.264 e. The summed E-state index contributed by atoms with van der Waals surface area (Å²) in [4.78, 5) is 11.5. The number of aromatic nitrogens is 1. The van der Waals surface area contributed by atoms with Gasteiger partial charge in [0.15, 0.2) is 0 Å². The fourth-order valence-corrected chi connectivity index (χ4v) is 2.18. The molecule has 0 saturated carbocycles. The zero-order valence-electron chi connectivity index (χ0n) is 7.17. The highest BCUT2D eigenvalue weighted by Gasteiger charge is 2.10. The highest BCUT2D eigenvalue weighted by Crippen LogP contribution is 2.13. The number of halogens is 1. The summed E-state index contributed by atoms with van der Waals surface area (Å²) in [6.07, 6.45) is 3.80. The van der Waals surface area contributed by atoms with Gasteiger partial charge in [-0.3, -0.25) is 4.79 Å². The molecule has 0 atom stereocenters. The topological polar surface area (TPSA) is 34.0 Å². The van der Waals surface area contributed by atoms with Gasteiger partial charge in [-0.25, -0.2) is 0 Å². The molecule has 0 radical (unpaired) electrons. The Kier molecular flexibility index (Phi) is 2.15. The van der Waals surface area contributed by atoms with Crippen LogP contribution < -0.4 is 10.9 Å². The molecular formula is C9H9IN2O. The van der Waals surface area contributed by atoms with Crippen molar-refractivity contribution in [3.05, 3.63) is 37.4 Å². The van der Waals surface area contributed by atoms with E-state index in [0.29, 0.717) is 0 Å². The van der Waals surface area contributed by atoms with Crippen molar-refractivity contribution in [2.75, 3.05) is 0 Å². The minimum absolute atomic E-state index is 0.0749. The molecule has 2 heterocycles. The standard InChI is InChI=1S/C9H9IN2O/c1-12-8-2-3-11-5-6(8)4-7(10)9(12)13/h2-4,11H,5H2,1H3. The van der Waals surface area contributed by atoms with Crippen LogP contribution in [0.3, 0.4) is 0 Å². The van der Waals surface area contributed by atoms with Crippen molar-refractivity contribution in [2.24, 2.45) is 7.05 Å². The molecule has 1 N–H and O–H groups in total. The molecule has 3 nitrogen and oxygen atoms in total. The SMILES string of the molecule is Cn1c2c(cc(I)c1=O)CNC=C2. The Bertz CT molecular complexity index is 434. The molecule has 2 rings (SSSR count). The number of rotatable bonds is 0. The van der Waals surface area contributed by atoms with E-state index in [-0.39, 0.29) is 5.56 Å². The largest absolute Gasteiger partial charge is 0.387 e. The van der Waals surface area contributed by atoms with Crippen molar-refractivity contribution in [3.8, 4) is 0 Å². The third-order valence-electron chi connectivity index (χ3n) is 2.15. The number of nitrogens with one attached hydrogen (secondary N) is 1. The summed E-state index contributed by atoms with van der Waals surface area (Å²) >= 11 is 2.07. The van der Waals surface area contributed by atoms with Crippen molar-refractivity contribution >= 4 is 28.7 Å². The van der Waals surface area contributed by atoms with Crippen LogP contribution in [0.1, 0.15) is 11.3 Å². The Morgan fingerprint density at radius 3 is 3.15 bits per heavy atom. The average molecular weight is 288 g/mol. The molecule has 1 aliphatic heterocycles. The normalized spacial score (nSPS) is 13.7. The van der Waals surface area contributed by atoms with Gasteiger partial charge in [0.2, 0.25) is 0 Å². The van der Waals surface area contributed by atoms with E-state index in [2.05, 4.69) is 27.9 Å². The molecule has 1 aromatic rings. The second-order valence-electron chi connectivity index (χ2n) is 2.98. The summed E-state index contributed by atoms with van der Waals surface area (Å²) in [6.45, 7) is 0.802. The first-order valence-corrected chi connectivity index (χ1v) is 5.06. The minimum atomic E-state index is 0.0749. The van der Waals surface area contributed by atoms with E-state index in [4.69, 9.17) is 0 Å². The fraction of sp³-hybridized carbons (Fsp3) is 0.222. The molecule has 0 aliphatic carbocycles. The van der Waals surface area contributed by atoms with Crippen LogP contribution in [0.5, 0.6) is 0 Å². The molecule has 4 heteroatoms. The van der Waals surface area contributed by atoms with Gasteiger partial charge >= 0.3 is 0 Å². The predicted molar refractivity (Wildman–Crippen MR) is 60.3 cm³/mol. The molecule has 68 valence electrons. The van der Waals surface area contributed by atoms with Crippen LogP contribution in [0.25, 0.3) is 6.08 Å². The average Bonchev–Trinajstić information content (AvgIpc) is 2.15. The number of pyridine rings is 1. The molecule has 0 fully saturated rings. The summed E-state index contributed by atoms with van der Waals surface area (Å²) in [6, 6.07) is 1.94. The summed E-state index contributed by atoms with van der Waals surface area (Å²) in [7, 11) is 1.80. The van der Waals surface area contributed by atoms with E-state index in [1.807, 2.05) is 18.3 Å². The van der Waals surface area contributed by atoms with Crippen LogP contribution >= 0.6 is 22.6 Å². The number of hydrogen-bond acceptors (Lipinski definition) is 2. The summed E-state index contributed by atoms with van der Waals surface area (Å²) in [5, 5.41) is 3.12. The third kappa shape index (κ3) is 1.39. The zero-order chi connectivity index (χ0) is 9.42. The van der Waals surface area contributed by atoms with E-state index < -0.39 is 0 Å². The summed E-state index contributed by atoms with van der Waals surface area (Å²) < 4.78 is 2.46. The third-order valence-corrected chi connectivity index (χ3v) is 2.92. The van der Waals surface area contributed by atoms with Crippen molar-refractivity contribution in [3.63, 3.8) is 0 Å². The molecule has 0 aromatic carbocycles. The Morgan fingerprint density at radius 1 is 1.62 bits per heavy atom. The lowest BCUT2D eigenvalue weighted by Gasteiger charge is -2.15. The number of nitrogens with zero attached hydrogens (tertiary/aromatic N) is 1. The molecule has 1 aliphatic rings. The van der Waals surface area contributed by atoms with E-state index >= 15 is 0 Å². The van der Waals surface area contributed by atoms with Crippen molar-refractivity contribution in [1.29, 1.82) is 0 Å². The van der Waals surface area contributed by atoms with Crippen LogP contribution in [0.15, 0.2) is 17.1 Å². The first-order chi connectivity index (χ1) is 6.20. The Labute approximate surface area is 89.6 Å². The van der Waals surface area contributed by atoms with Gasteiger partial charge in [-0.05, 0) is 46.5 Å². The maximum atomic E-state index is 11.5. The smallest absolute Gasteiger partial charge is 0.264 e. The number of hydrogen-bond donors (Lipinski definition) is 1. The first-order valence-electron chi connectivity index (χ1n) is 3.98. The maximum absolute atomic E-state index is 11.5. The van der Waals surface area contributed by atoms with Gasteiger partial charge in [0, 0.05) is 13.6 Å². The summed E-state index contributed by atoms with van der Waals surface area (Å²) in [5.41, 5.74) is 2.25. The van der Waals surface area contributed by atoms with Gasteiger partial charge in [-0.2, -0.15) is 0 Å². The zero-order valence-corrected chi connectivity index (χ0v) is 9.33. The monoisotopic (exact) mass is 288 g/mol. The van der Waals surface area contributed by atoms with Gasteiger partial charge in [0.25, 0.3) is 5.56 Å². The van der Waals surface area contributed by atoms with Gasteiger partial charge in [0.1, 0.15) is 0 Å². The lowest BCUT2D eigenvalue weighted by atomic mass is 10.1. The molecule has 13 heavy (non-hydrogen) atoms. The molecule has 1 aromatic heterocycles. The van der Waals surface area contributed by atoms with Crippen LogP contribution in [-0.4, -0.2) is 4.57 Å². The molecular weight excluding hydrogens is 279 g/mol. The molecule has 0 spiro atoms. The highest BCUT2D eigenvalue weighted by atomic mass is 127. The summed E-state index contributed by atoms with van der Waals surface area (Å²) in [5.74, 6) is 0. The molecule has 0 amide bonds. The van der Waals surface area contributed by atoms with E-state index in [1.165, 1.54) is 5.56 Å². The minimum Gasteiger partial charge on any atom is -0.387 e. The fourth-order valence-electron chi connectivity index (χ4n) is 1.44. The van der Waals surface area contributed by atoms with Gasteiger partial charge in [-0.1, -0.05) is 0 Å².